The quantitative estimate of drug-likeness (QED) is 0.739. The predicted octanol–water partition coefficient (Wildman–Crippen LogP) is 1.05. The summed E-state index contributed by atoms with van der Waals surface area (Å²) in [6, 6.07) is 0.0582. The van der Waals surface area contributed by atoms with Gasteiger partial charge in [0.25, 0.3) is 0 Å². The lowest BCUT2D eigenvalue weighted by Crippen LogP contribution is -2.50. The molecule has 0 aromatic carbocycles. The maximum atomic E-state index is 12.2. The Bertz CT molecular complexity index is 225. The van der Waals surface area contributed by atoms with Crippen molar-refractivity contribution >= 4 is 5.91 Å². The van der Waals surface area contributed by atoms with E-state index in [4.69, 9.17) is 10.5 Å². The van der Waals surface area contributed by atoms with Crippen molar-refractivity contribution in [2.45, 2.75) is 45.1 Å². The van der Waals surface area contributed by atoms with Gasteiger partial charge in [0.2, 0.25) is 5.91 Å². The van der Waals surface area contributed by atoms with Gasteiger partial charge in [0.05, 0.1) is 12.0 Å². The van der Waals surface area contributed by atoms with E-state index in [1.165, 1.54) is 6.42 Å². The van der Waals surface area contributed by atoms with Gasteiger partial charge in [0.1, 0.15) is 0 Å². The Morgan fingerprint density at radius 2 is 2.06 bits per heavy atom. The molecule has 0 aliphatic heterocycles. The molecule has 4 heteroatoms. The van der Waals surface area contributed by atoms with Crippen molar-refractivity contribution in [3.8, 4) is 0 Å². The second kappa shape index (κ2) is 6.21. The van der Waals surface area contributed by atoms with E-state index in [1.54, 1.807) is 7.11 Å². The zero-order valence-corrected chi connectivity index (χ0v) is 10.4. The monoisotopic (exact) mass is 228 g/mol. The van der Waals surface area contributed by atoms with Gasteiger partial charge in [-0.3, -0.25) is 4.79 Å². The molecule has 0 saturated heterocycles. The smallest absolute Gasteiger partial charge is 0.227 e. The van der Waals surface area contributed by atoms with Gasteiger partial charge >= 0.3 is 0 Å². The van der Waals surface area contributed by atoms with Crippen LogP contribution < -0.4 is 11.1 Å². The molecule has 0 aromatic heterocycles. The number of rotatable bonds is 5. The summed E-state index contributed by atoms with van der Waals surface area (Å²) in [5.74, 6) is 0.110. The van der Waals surface area contributed by atoms with Crippen LogP contribution in [-0.4, -0.2) is 32.2 Å². The maximum absolute atomic E-state index is 12.2. The van der Waals surface area contributed by atoms with Crippen molar-refractivity contribution < 1.29 is 9.53 Å². The number of carbonyl (C=O) groups excluding carboxylic acids is 1. The third-order valence-corrected chi connectivity index (χ3v) is 3.48. The largest absolute Gasteiger partial charge is 0.383 e. The lowest BCUT2D eigenvalue weighted by atomic mass is 9.73. The summed E-state index contributed by atoms with van der Waals surface area (Å²) in [7, 11) is 1.64. The van der Waals surface area contributed by atoms with Crippen LogP contribution >= 0.6 is 0 Å². The van der Waals surface area contributed by atoms with Crippen molar-refractivity contribution in [1.82, 2.24) is 5.32 Å². The molecule has 3 N–H and O–H groups in total. The average Bonchev–Trinajstić information content (AvgIpc) is 2.30. The summed E-state index contributed by atoms with van der Waals surface area (Å²) in [5, 5.41) is 3.00. The Morgan fingerprint density at radius 3 is 2.56 bits per heavy atom. The first-order valence-corrected chi connectivity index (χ1v) is 6.14. The number of amides is 1. The van der Waals surface area contributed by atoms with Gasteiger partial charge < -0.3 is 15.8 Å². The molecule has 94 valence electrons. The highest BCUT2D eigenvalue weighted by Gasteiger charge is 2.38. The SMILES string of the molecule is COCC(C)NC(=O)C1(CN)CCCCC1. The first-order chi connectivity index (χ1) is 7.64. The summed E-state index contributed by atoms with van der Waals surface area (Å²) < 4.78 is 5.01. The van der Waals surface area contributed by atoms with E-state index in [-0.39, 0.29) is 17.4 Å². The van der Waals surface area contributed by atoms with Crippen LogP contribution in [0.2, 0.25) is 0 Å². The first-order valence-electron chi connectivity index (χ1n) is 6.14. The Morgan fingerprint density at radius 1 is 1.44 bits per heavy atom. The van der Waals surface area contributed by atoms with Gasteiger partial charge in [-0.05, 0) is 19.8 Å². The number of methoxy groups -OCH3 is 1. The van der Waals surface area contributed by atoms with E-state index in [0.717, 1.165) is 25.7 Å². The number of ether oxygens (including phenoxy) is 1. The highest BCUT2D eigenvalue weighted by atomic mass is 16.5. The standard InChI is InChI=1S/C12H24N2O2/c1-10(8-16-2)14-11(15)12(9-13)6-4-3-5-7-12/h10H,3-9,13H2,1-2H3,(H,14,15). The minimum absolute atomic E-state index is 0.0582. The van der Waals surface area contributed by atoms with Crippen molar-refractivity contribution in [2.75, 3.05) is 20.3 Å². The number of hydrogen-bond acceptors (Lipinski definition) is 3. The van der Waals surface area contributed by atoms with E-state index < -0.39 is 0 Å². The van der Waals surface area contributed by atoms with E-state index in [1.807, 2.05) is 6.92 Å². The molecule has 1 amide bonds. The zero-order valence-electron chi connectivity index (χ0n) is 10.4. The van der Waals surface area contributed by atoms with Gasteiger partial charge in [-0.1, -0.05) is 19.3 Å². The van der Waals surface area contributed by atoms with Crippen LogP contribution in [0, 0.1) is 5.41 Å². The minimum Gasteiger partial charge on any atom is -0.383 e. The van der Waals surface area contributed by atoms with Gasteiger partial charge in [-0.2, -0.15) is 0 Å². The van der Waals surface area contributed by atoms with Gasteiger partial charge in [-0.25, -0.2) is 0 Å². The van der Waals surface area contributed by atoms with Crippen molar-refractivity contribution in [1.29, 1.82) is 0 Å². The van der Waals surface area contributed by atoms with E-state index >= 15 is 0 Å². The molecule has 1 unspecified atom stereocenters. The van der Waals surface area contributed by atoms with Crippen LogP contribution in [0.25, 0.3) is 0 Å². The van der Waals surface area contributed by atoms with E-state index in [2.05, 4.69) is 5.32 Å². The van der Waals surface area contributed by atoms with Crippen LogP contribution in [0.5, 0.6) is 0 Å². The molecular formula is C12H24N2O2. The third-order valence-electron chi connectivity index (χ3n) is 3.48. The van der Waals surface area contributed by atoms with Crippen molar-refractivity contribution in [2.24, 2.45) is 11.1 Å². The lowest BCUT2D eigenvalue weighted by molar-refractivity contribution is -0.133. The highest BCUT2D eigenvalue weighted by molar-refractivity contribution is 5.83. The second-order valence-corrected chi connectivity index (χ2v) is 4.87. The van der Waals surface area contributed by atoms with Crippen molar-refractivity contribution in [3.63, 3.8) is 0 Å². The number of carbonyl (C=O) groups is 1. The Kier molecular flexibility index (Phi) is 5.22. The van der Waals surface area contributed by atoms with E-state index in [9.17, 15) is 4.79 Å². The molecule has 1 fully saturated rings. The fourth-order valence-corrected chi connectivity index (χ4v) is 2.42. The fourth-order valence-electron chi connectivity index (χ4n) is 2.42. The molecule has 0 spiro atoms. The maximum Gasteiger partial charge on any atom is 0.227 e. The Balaban J connectivity index is 2.54. The molecule has 1 aliphatic carbocycles. The number of nitrogens with two attached hydrogens (primary N) is 1. The molecular weight excluding hydrogens is 204 g/mol. The average molecular weight is 228 g/mol. The van der Waals surface area contributed by atoms with Gasteiger partial charge in [-0.15, -0.1) is 0 Å². The van der Waals surface area contributed by atoms with Crippen LogP contribution in [0.1, 0.15) is 39.0 Å². The second-order valence-electron chi connectivity index (χ2n) is 4.87. The normalized spacial score (nSPS) is 21.4. The minimum atomic E-state index is -0.319. The lowest BCUT2D eigenvalue weighted by Gasteiger charge is -2.35. The summed E-state index contributed by atoms with van der Waals surface area (Å²) >= 11 is 0. The molecule has 1 saturated carbocycles. The van der Waals surface area contributed by atoms with Gasteiger partial charge in [0, 0.05) is 19.7 Å². The fraction of sp³-hybridized carbons (Fsp3) is 0.917. The molecule has 16 heavy (non-hydrogen) atoms. The highest BCUT2D eigenvalue weighted by Crippen LogP contribution is 2.35. The summed E-state index contributed by atoms with van der Waals surface area (Å²) in [4.78, 5) is 12.2. The molecule has 1 atom stereocenters. The molecule has 1 rings (SSSR count). The van der Waals surface area contributed by atoms with Crippen molar-refractivity contribution in [3.05, 3.63) is 0 Å². The van der Waals surface area contributed by atoms with Crippen LogP contribution in [0.15, 0.2) is 0 Å². The molecule has 1 aliphatic rings. The van der Waals surface area contributed by atoms with Crippen LogP contribution in [0.4, 0.5) is 0 Å². The van der Waals surface area contributed by atoms with Crippen LogP contribution in [-0.2, 0) is 9.53 Å². The Hall–Kier alpha value is -0.610. The summed E-state index contributed by atoms with van der Waals surface area (Å²) in [6.45, 7) is 2.96. The topological polar surface area (TPSA) is 64.3 Å². The first kappa shape index (κ1) is 13.5. The van der Waals surface area contributed by atoms with Gasteiger partial charge in [0.15, 0.2) is 0 Å². The third kappa shape index (κ3) is 3.19. The Labute approximate surface area is 97.9 Å². The summed E-state index contributed by atoms with van der Waals surface area (Å²) in [5.41, 5.74) is 5.48. The molecule has 0 heterocycles. The predicted molar refractivity (Wildman–Crippen MR) is 64.1 cm³/mol. The summed E-state index contributed by atoms with van der Waals surface area (Å²) in [6.07, 6.45) is 5.30. The zero-order chi connectivity index (χ0) is 12.0. The van der Waals surface area contributed by atoms with Crippen LogP contribution in [0.3, 0.4) is 0 Å². The van der Waals surface area contributed by atoms with E-state index in [0.29, 0.717) is 13.2 Å². The molecule has 4 nitrogen and oxygen atoms in total. The number of hydrogen-bond donors (Lipinski definition) is 2. The molecule has 0 bridgehead atoms. The molecule has 0 aromatic rings. The number of nitrogens with one attached hydrogen (secondary N) is 1. The molecule has 0 radical (unpaired) electrons.